The zero-order valence-corrected chi connectivity index (χ0v) is 24.4. The normalized spacial score (nSPS) is 23.2. The summed E-state index contributed by atoms with van der Waals surface area (Å²) < 4.78 is 7.62. The van der Waals surface area contributed by atoms with Crippen LogP contribution in [0.15, 0.2) is 36.6 Å². The highest BCUT2D eigenvalue weighted by molar-refractivity contribution is 5.83. The van der Waals surface area contributed by atoms with Gasteiger partial charge in [-0.15, -0.1) is 0 Å². The molecule has 4 heterocycles. The van der Waals surface area contributed by atoms with Crippen LogP contribution in [0.1, 0.15) is 65.3 Å². The zero-order valence-electron chi connectivity index (χ0n) is 24.4. The Kier molecular flexibility index (Phi) is 6.89. The quantitative estimate of drug-likeness (QED) is 0.249. The topological polar surface area (TPSA) is 151 Å². The number of aromatic amines is 1. The molecule has 11 nitrogen and oxygen atoms in total. The number of imidazole rings is 2. The summed E-state index contributed by atoms with van der Waals surface area (Å²) in [6, 6.07) is 7.19. The number of rotatable bonds is 8. The van der Waals surface area contributed by atoms with Gasteiger partial charge in [-0.2, -0.15) is 0 Å². The van der Waals surface area contributed by atoms with Crippen molar-refractivity contribution in [3.8, 4) is 0 Å². The Labute approximate surface area is 239 Å². The third kappa shape index (κ3) is 5.12. The van der Waals surface area contributed by atoms with Gasteiger partial charge in [0.05, 0.1) is 11.0 Å². The first-order chi connectivity index (χ1) is 19.5. The van der Waals surface area contributed by atoms with Crippen molar-refractivity contribution in [2.45, 2.75) is 90.0 Å². The lowest BCUT2D eigenvalue weighted by Gasteiger charge is -2.46. The summed E-state index contributed by atoms with van der Waals surface area (Å²) in [7, 11) is 0. The largest absolute Gasteiger partial charge is 0.505 e. The fraction of sp³-hybridized carbons (Fsp3) is 0.533. The van der Waals surface area contributed by atoms with Crippen LogP contribution >= 0.6 is 0 Å². The summed E-state index contributed by atoms with van der Waals surface area (Å²) >= 11 is 0. The second kappa shape index (κ2) is 10.3. The highest BCUT2D eigenvalue weighted by Crippen LogP contribution is 2.38. The molecular weight excluding hydrogens is 520 g/mol. The first-order valence-electron chi connectivity index (χ1n) is 14.5. The van der Waals surface area contributed by atoms with Crippen molar-refractivity contribution in [2.24, 2.45) is 5.92 Å². The van der Waals surface area contributed by atoms with Gasteiger partial charge < -0.3 is 25.7 Å². The molecule has 0 amide bonds. The van der Waals surface area contributed by atoms with Gasteiger partial charge >= 0.3 is 0 Å². The van der Waals surface area contributed by atoms with Gasteiger partial charge in [0.1, 0.15) is 24.6 Å². The van der Waals surface area contributed by atoms with Gasteiger partial charge in [0.2, 0.25) is 5.88 Å². The third-order valence-electron chi connectivity index (χ3n) is 8.62. The van der Waals surface area contributed by atoms with E-state index in [1.165, 1.54) is 22.8 Å². The molecule has 6 rings (SSSR count). The highest BCUT2D eigenvalue weighted by atomic mass is 16.5. The van der Waals surface area contributed by atoms with E-state index < -0.39 is 12.2 Å². The lowest BCUT2D eigenvalue weighted by molar-refractivity contribution is -0.0196. The van der Waals surface area contributed by atoms with Crippen molar-refractivity contribution < 1.29 is 14.9 Å². The first-order valence-corrected chi connectivity index (χ1v) is 14.5. The number of anilines is 1. The number of nitrogens with zero attached hydrogens (tertiary/aromatic N) is 6. The monoisotopic (exact) mass is 560 g/mol. The smallest absolute Gasteiger partial charge is 0.243 e. The number of ether oxygens (including phenoxy) is 1. The second-order valence-electron chi connectivity index (χ2n) is 12.8. The summed E-state index contributed by atoms with van der Waals surface area (Å²) in [5.41, 5.74) is 10.3. The van der Waals surface area contributed by atoms with Crippen LogP contribution in [0.5, 0.6) is 0 Å². The van der Waals surface area contributed by atoms with Gasteiger partial charge in [0, 0.05) is 25.0 Å². The van der Waals surface area contributed by atoms with E-state index in [0.717, 1.165) is 42.5 Å². The van der Waals surface area contributed by atoms with E-state index in [9.17, 15) is 10.2 Å². The van der Waals surface area contributed by atoms with Crippen molar-refractivity contribution in [3.63, 3.8) is 0 Å². The molecule has 4 aromatic rings. The summed E-state index contributed by atoms with van der Waals surface area (Å²) in [6.07, 6.45) is 5.23. The summed E-state index contributed by atoms with van der Waals surface area (Å²) in [4.78, 5) is 23.2. The molecule has 0 spiro atoms. The van der Waals surface area contributed by atoms with E-state index in [4.69, 9.17) is 15.5 Å². The molecule has 1 aliphatic carbocycles. The molecule has 3 aromatic heterocycles. The number of aliphatic hydroxyl groups is 2. The molecular formula is C30H40N8O3. The van der Waals surface area contributed by atoms with E-state index in [0.29, 0.717) is 29.7 Å². The Morgan fingerprint density at radius 1 is 1.20 bits per heavy atom. The van der Waals surface area contributed by atoms with Crippen molar-refractivity contribution in [1.29, 1.82) is 0 Å². The van der Waals surface area contributed by atoms with Gasteiger partial charge in [-0.25, -0.2) is 24.5 Å². The molecule has 0 saturated heterocycles. The Morgan fingerprint density at radius 3 is 2.71 bits per heavy atom. The molecule has 218 valence electrons. The lowest BCUT2D eigenvalue weighted by atomic mass is 9.76. The maximum absolute atomic E-state index is 10.9. The maximum atomic E-state index is 10.9. The van der Waals surface area contributed by atoms with Crippen molar-refractivity contribution >= 4 is 33.9 Å². The number of nitrogens with one attached hydrogen (secondary N) is 1. The molecule has 0 unspecified atom stereocenters. The maximum Gasteiger partial charge on any atom is 0.243 e. The minimum absolute atomic E-state index is 0.101. The number of hydrogen-bond donors (Lipinski definition) is 4. The molecule has 41 heavy (non-hydrogen) atoms. The second-order valence-corrected chi connectivity index (χ2v) is 12.8. The number of nitrogen functional groups attached to an aromatic ring is 1. The SMILES string of the molecule is CC(C)N(C[C@H]1OC(n2cnc3c(N)ncnc32)=C(O)[C@@H]1O)[C@H]1C[C@@H](CCc2nc3cc(C(C)(C)C)ccc3[nH]2)C1. The van der Waals surface area contributed by atoms with Gasteiger partial charge in [0.15, 0.2) is 28.8 Å². The van der Waals surface area contributed by atoms with Crippen LogP contribution in [-0.4, -0.2) is 75.4 Å². The average Bonchev–Trinajstić information content (AvgIpc) is 3.58. The van der Waals surface area contributed by atoms with Crippen LogP contribution in [0, 0.1) is 5.92 Å². The molecule has 5 N–H and O–H groups in total. The number of aliphatic hydroxyl groups excluding tert-OH is 2. The number of H-pyrrole nitrogens is 1. The molecule has 2 atom stereocenters. The number of fused-ring (bicyclic) bond motifs is 2. The van der Waals surface area contributed by atoms with E-state index in [1.807, 2.05) is 0 Å². The number of aromatic nitrogens is 6. The molecule has 1 aliphatic heterocycles. The Bertz CT molecular complexity index is 1590. The van der Waals surface area contributed by atoms with E-state index in [-0.39, 0.29) is 28.9 Å². The van der Waals surface area contributed by atoms with Crippen LogP contribution in [0.2, 0.25) is 0 Å². The summed E-state index contributed by atoms with van der Waals surface area (Å²) in [5, 5.41) is 21.7. The summed E-state index contributed by atoms with van der Waals surface area (Å²) in [6.45, 7) is 11.5. The molecule has 1 fully saturated rings. The van der Waals surface area contributed by atoms with Crippen LogP contribution in [0.4, 0.5) is 5.82 Å². The first kappa shape index (κ1) is 27.5. The van der Waals surface area contributed by atoms with Crippen LogP contribution in [0.3, 0.4) is 0 Å². The Morgan fingerprint density at radius 2 is 1.98 bits per heavy atom. The molecule has 2 aliphatic rings. The Hall–Kier alpha value is -3.70. The molecule has 11 heteroatoms. The average molecular weight is 561 g/mol. The molecule has 0 radical (unpaired) electrons. The number of hydrogen-bond acceptors (Lipinski definition) is 9. The molecule has 1 aromatic carbocycles. The lowest BCUT2D eigenvalue weighted by Crippen LogP contribution is -2.52. The zero-order chi connectivity index (χ0) is 29.1. The van der Waals surface area contributed by atoms with Crippen LogP contribution in [-0.2, 0) is 16.6 Å². The van der Waals surface area contributed by atoms with Crippen molar-refractivity contribution in [1.82, 2.24) is 34.4 Å². The van der Waals surface area contributed by atoms with Gasteiger partial charge in [-0.1, -0.05) is 26.8 Å². The third-order valence-corrected chi connectivity index (χ3v) is 8.62. The van der Waals surface area contributed by atoms with E-state index in [1.54, 1.807) is 0 Å². The standard InChI is InChI=1S/C30H40N8O3/c1-16(2)37(13-22-25(39)26(40)29(41-22)38-15-34-24-27(31)32-14-33-28(24)38)19-10-17(11-19)6-9-23-35-20-8-7-18(30(3,4)5)12-21(20)36-23/h7-8,12,14-17,19,22,25,39-40H,6,9-11,13H2,1-5H3,(H,35,36)(H2,31,32,33)/t17-,19+,22-,25-/m1/s1. The van der Waals surface area contributed by atoms with E-state index >= 15 is 0 Å². The van der Waals surface area contributed by atoms with Crippen LogP contribution < -0.4 is 5.73 Å². The number of nitrogens with two attached hydrogens (primary N) is 1. The minimum Gasteiger partial charge on any atom is -0.505 e. The number of benzene rings is 1. The molecule has 0 bridgehead atoms. The van der Waals surface area contributed by atoms with Crippen molar-refractivity contribution in [2.75, 3.05) is 12.3 Å². The van der Waals surface area contributed by atoms with Crippen LogP contribution in [0.25, 0.3) is 28.1 Å². The molecule has 1 saturated carbocycles. The van der Waals surface area contributed by atoms with E-state index in [2.05, 4.69) is 77.7 Å². The number of aryl methyl sites for hydroxylation is 1. The van der Waals surface area contributed by atoms with Gasteiger partial charge in [-0.3, -0.25) is 4.90 Å². The van der Waals surface area contributed by atoms with Gasteiger partial charge in [0.25, 0.3) is 0 Å². The Balaban J connectivity index is 1.06. The van der Waals surface area contributed by atoms with Crippen molar-refractivity contribution in [3.05, 3.63) is 48.0 Å². The van der Waals surface area contributed by atoms with Gasteiger partial charge in [-0.05, 0) is 62.1 Å². The predicted octanol–water partition coefficient (Wildman–Crippen LogP) is 4.15. The highest BCUT2D eigenvalue weighted by Gasteiger charge is 2.42. The fourth-order valence-electron chi connectivity index (χ4n) is 6.07. The minimum atomic E-state index is -1.15. The summed E-state index contributed by atoms with van der Waals surface area (Å²) in [5.74, 6) is 1.80. The fourth-order valence-corrected chi connectivity index (χ4v) is 6.07. The predicted molar refractivity (Wildman–Crippen MR) is 158 cm³/mol.